The number of benzene rings is 1. The molecule has 1 aliphatic heterocycles. The van der Waals surface area contributed by atoms with Gasteiger partial charge in [0, 0.05) is 30.7 Å². The van der Waals surface area contributed by atoms with E-state index < -0.39 is 0 Å². The molecule has 1 aromatic carbocycles. The number of hydrogen-bond acceptors (Lipinski definition) is 2. The van der Waals surface area contributed by atoms with Crippen molar-refractivity contribution in [3.8, 4) is 0 Å². The van der Waals surface area contributed by atoms with Crippen molar-refractivity contribution >= 4 is 36.4 Å². The van der Waals surface area contributed by atoms with Gasteiger partial charge in [0.25, 0.3) is 0 Å². The molecule has 16 heavy (non-hydrogen) atoms. The van der Waals surface area contributed by atoms with E-state index in [4.69, 9.17) is 17.3 Å². The van der Waals surface area contributed by atoms with E-state index in [2.05, 4.69) is 17.0 Å². The topological polar surface area (TPSA) is 29.3 Å². The van der Waals surface area contributed by atoms with Crippen LogP contribution in [0, 0.1) is 0 Å². The monoisotopic (exact) mass is 282 g/mol. The van der Waals surface area contributed by atoms with Crippen LogP contribution in [-0.2, 0) is 6.54 Å². The Morgan fingerprint density at radius 2 is 1.88 bits per heavy atom. The van der Waals surface area contributed by atoms with Crippen molar-refractivity contribution in [2.24, 2.45) is 5.73 Å². The molecule has 1 saturated heterocycles. The second kappa shape index (κ2) is 7.36. The minimum atomic E-state index is 0. The molecule has 0 bridgehead atoms. The van der Waals surface area contributed by atoms with Crippen LogP contribution in [0.4, 0.5) is 0 Å². The lowest BCUT2D eigenvalue weighted by Crippen LogP contribution is -2.26. The third kappa shape index (κ3) is 4.48. The van der Waals surface area contributed by atoms with Crippen molar-refractivity contribution in [2.75, 3.05) is 13.1 Å². The summed E-state index contributed by atoms with van der Waals surface area (Å²) >= 11 is 5.82. The summed E-state index contributed by atoms with van der Waals surface area (Å²) in [5, 5.41) is 0.798. The molecule has 0 spiro atoms. The zero-order chi connectivity index (χ0) is 9.97. The molecule has 1 aromatic rings. The second-order valence-corrected chi connectivity index (χ2v) is 4.35. The Balaban J connectivity index is 0.00000112. The van der Waals surface area contributed by atoms with Gasteiger partial charge < -0.3 is 5.73 Å². The highest BCUT2D eigenvalue weighted by molar-refractivity contribution is 6.30. The van der Waals surface area contributed by atoms with Crippen LogP contribution < -0.4 is 5.73 Å². The van der Waals surface area contributed by atoms with Crippen LogP contribution >= 0.6 is 36.4 Å². The fraction of sp³-hybridized carbons (Fsp3) is 0.455. The Bertz CT molecular complexity index is 303. The molecule has 0 radical (unpaired) electrons. The number of rotatable bonds is 2. The van der Waals surface area contributed by atoms with E-state index in [1.807, 2.05) is 12.1 Å². The van der Waals surface area contributed by atoms with Gasteiger partial charge in [0.05, 0.1) is 0 Å². The Hall–Kier alpha value is 0.01000. The van der Waals surface area contributed by atoms with Gasteiger partial charge in [-0.15, -0.1) is 24.8 Å². The first kappa shape index (κ1) is 16.0. The minimum absolute atomic E-state index is 0. The molecule has 0 aromatic heterocycles. The van der Waals surface area contributed by atoms with Crippen LogP contribution in [0.15, 0.2) is 24.3 Å². The largest absolute Gasteiger partial charge is 0.326 e. The number of nitrogens with two attached hydrogens (primary N) is 1. The predicted molar refractivity (Wildman–Crippen MR) is 73.8 cm³/mol. The number of halogens is 3. The van der Waals surface area contributed by atoms with Crippen LogP contribution in [0.5, 0.6) is 0 Å². The molecule has 1 aliphatic rings. The van der Waals surface area contributed by atoms with Gasteiger partial charge in [0.2, 0.25) is 0 Å². The third-order valence-corrected chi connectivity index (χ3v) is 2.88. The van der Waals surface area contributed by atoms with Crippen molar-refractivity contribution in [3.05, 3.63) is 34.9 Å². The fourth-order valence-corrected chi connectivity index (χ4v) is 1.98. The predicted octanol–water partition coefficient (Wildman–Crippen LogP) is 2.72. The van der Waals surface area contributed by atoms with E-state index >= 15 is 0 Å². The summed E-state index contributed by atoms with van der Waals surface area (Å²) in [5.41, 5.74) is 7.15. The molecule has 5 heteroatoms. The van der Waals surface area contributed by atoms with Gasteiger partial charge in [-0.2, -0.15) is 0 Å². The van der Waals surface area contributed by atoms with E-state index in [0.717, 1.165) is 31.1 Å². The van der Waals surface area contributed by atoms with Crippen LogP contribution in [0.1, 0.15) is 12.0 Å². The lowest BCUT2D eigenvalue weighted by Gasteiger charge is -2.14. The summed E-state index contributed by atoms with van der Waals surface area (Å²) in [5.74, 6) is 0. The molecular formula is C11H17Cl3N2. The van der Waals surface area contributed by atoms with Gasteiger partial charge in [-0.3, -0.25) is 4.90 Å². The zero-order valence-electron chi connectivity index (χ0n) is 8.93. The van der Waals surface area contributed by atoms with Crippen LogP contribution in [0.2, 0.25) is 5.02 Å². The Morgan fingerprint density at radius 3 is 2.38 bits per heavy atom. The summed E-state index contributed by atoms with van der Waals surface area (Å²) < 4.78 is 0. The smallest absolute Gasteiger partial charge is 0.0406 e. The maximum Gasteiger partial charge on any atom is 0.0406 e. The zero-order valence-corrected chi connectivity index (χ0v) is 11.3. The molecule has 0 saturated carbocycles. The highest BCUT2D eigenvalue weighted by atomic mass is 35.5. The molecule has 1 fully saturated rings. The Labute approximate surface area is 114 Å². The molecule has 0 aliphatic carbocycles. The molecule has 2 rings (SSSR count). The SMILES string of the molecule is Cl.Cl.NC1CCN(Cc2ccc(Cl)cc2)C1. The molecule has 1 atom stereocenters. The number of likely N-dealkylation sites (tertiary alicyclic amines) is 1. The quantitative estimate of drug-likeness (QED) is 0.904. The van der Waals surface area contributed by atoms with Gasteiger partial charge >= 0.3 is 0 Å². The molecule has 1 unspecified atom stereocenters. The van der Waals surface area contributed by atoms with Crippen molar-refractivity contribution in [3.63, 3.8) is 0 Å². The Morgan fingerprint density at radius 1 is 1.25 bits per heavy atom. The lowest BCUT2D eigenvalue weighted by molar-refractivity contribution is 0.327. The first-order valence-corrected chi connectivity index (χ1v) is 5.34. The highest BCUT2D eigenvalue weighted by Crippen LogP contribution is 2.14. The van der Waals surface area contributed by atoms with E-state index in [-0.39, 0.29) is 24.8 Å². The third-order valence-electron chi connectivity index (χ3n) is 2.63. The van der Waals surface area contributed by atoms with E-state index in [9.17, 15) is 0 Å². The molecule has 2 N–H and O–H groups in total. The van der Waals surface area contributed by atoms with Gasteiger partial charge in [0.15, 0.2) is 0 Å². The summed E-state index contributed by atoms with van der Waals surface area (Å²) in [6.07, 6.45) is 1.12. The number of nitrogens with zero attached hydrogens (tertiary/aromatic N) is 1. The maximum atomic E-state index is 5.84. The molecule has 1 heterocycles. The molecular weight excluding hydrogens is 266 g/mol. The normalized spacial score (nSPS) is 20.0. The van der Waals surface area contributed by atoms with Crippen molar-refractivity contribution < 1.29 is 0 Å². The maximum absolute atomic E-state index is 5.84. The standard InChI is InChI=1S/C11H15ClN2.2ClH/c12-10-3-1-9(2-4-10)7-14-6-5-11(13)8-14;;/h1-4,11H,5-8,13H2;2*1H. The summed E-state index contributed by atoms with van der Waals surface area (Å²) in [6.45, 7) is 3.12. The molecule has 2 nitrogen and oxygen atoms in total. The first-order chi connectivity index (χ1) is 6.74. The van der Waals surface area contributed by atoms with Crippen molar-refractivity contribution in [1.29, 1.82) is 0 Å². The average molecular weight is 284 g/mol. The van der Waals surface area contributed by atoms with E-state index in [0.29, 0.717) is 6.04 Å². The summed E-state index contributed by atoms with van der Waals surface area (Å²) in [6, 6.07) is 8.39. The van der Waals surface area contributed by atoms with Gasteiger partial charge in [-0.1, -0.05) is 23.7 Å². The lowest BCUT2D eigenvalue weighted by atomic mass is 10.2. The highest BCUT2D eigenvalue weighted by Gasteiger charge is 2.18. The van der Waals surface area contributed by atoms with Crippen LogP contribution in [0.25, 0.3) is 0 Å². The second-order valence-electron chi connectivity index (χ2n) is 3.91. The molecule has 92 valence electrons. The van der Waals surface area contributed by atoms with Crippen LogP contribution in [-0.4, -0.2) is 24.0 Å². The summed E-state index contributed by atoms with van der Waals surface area (Å²) in [4.78, 5) is 2.38. The van der Waals surface area contributed by atoms with E-state index in [1.54, 1.807) is 0 Å². The van der Waals surface area contributed by atoms with Crippen LogP contribution in [0.3, 0.4) is 0 Å². The average Bonchev–Trinajstić information content (AvgIpc) is 2.56. The van der Waals surface area contributed by atoms with Gasteiger partial charge in [-0.25, -0.2) is 0 Å². The van der Waals surface area contributed by atoms with E-state index in [1.165, 1.54) is 5.56 Å². The fourth-order valence-electron chi connectivity index (χ4n) is 1.85. The summed E-state index contributed by atoms with van der Waals surface area (Å²) in [7, 11) is 0. The number of hydrogen-bond donors (Lipinski definition) is 1. The van der Waals surface area contributed by atoms with Crippen molar-refractivity contribution in [1.82, 2.24) is 4.90 Å². The van der Waals surface area contributed by atoms with Crippen molar-refractivity contribution in [2.45, 2.75) is 19.0 Å². The minimum Gasteiger partial charge on any atom is -0.326 e. The Kier molecular flexibility index (Phi) is 7.36. The van der Waals surface area contributed by atoms with Gasteiger partial charge in [-0.05, 0) is 24.1 Å². The molecule has 0 amide bonds. The van der Waals surface area contributed by atoms with Gasteiger partial charge in [0.1, 0.15) is 0 Å². The first-order valence-electron chi connectivity index (χ1n) is 4.96.